The summed E-state index contributed by atoms with van der Waals surface area (Å²) in [5.74, 6) is 1.07. The SMILES string of the molecule is O=C1C2CCC(CN1CCCOc1cccnc1)N2Cc1ccccc1. The van der Waals surface area contributed by atoms with Crippen LogP contribution in [-0.2, 0) is 11.3 Å². The smallest absolute Gasteiger partial charge is 0.240 e. The topological polar surface area (TPSA) is 45.7 Å². The van der Waals surface area contributed by atoms with Crippen LogP contribution in [0.4, 0.5) is 0 Å². The first-order chi connectivity index (χ1) is 12.8. The van der Waals surface area contributed by atoms with Crippen LogP contribution in [0.1, 0.15) is 24.8 Å². The summed E-state index contributed by atoms with van der Waals surface area (Å²) in [4.78, 5) is 21.4. The van der Waals surface area contributed by atoms with Gasteiger partial charge in [-0.1, -0.05) is 30.3 Å². The molecule has 2 saturated heterocycles. The minimum atomic E-state index is 0.0493. The van der Waals surface area contributed by atoms with Crippen molar-refractivity contribution in [1.82, 2.24) is 14.8 Å². The van der Waals surface area contributed by atoms with Crippen LogP contribution in [0.2, 0.25) is 0 Å². The molecule has 2 bridgehead atoms. The van der Waals surface area contributed by atoms with Gasteiger partial charge in [-0.05, 0) is 37.0 Å². The lowest BCUT2D eigenvalue weighted by atomic mass is 10.1. The summed E-state index contributed by atoms with van der Waals surface area (Å²) in [6.45, 7) is 3.10. The second-order valence-corrected chi connectivity index (χ2v) is 7.08. The Balaban J connectivity index is 1.29. The lowest BCUT2D eigenvalue weighted by Gasteiger charge is -2.40. The van der Waals surface area contributed by atoms with E-state index >= 15 is 0 Å². The number of ether oxygens (including phenoxy) is 1. The fraction of sp³-hybridized carbons (Fsp3) is 0.429. The molecule has 0 spiro atoms. The van der Waals surface area contributed by atoms with Gasteiger partial charge in [-0.15, -0.1) is 0 Å². The molecule has 136 valence electrons. The zero-order valence-corrected chi connectivity index (χ0v) is 15.0. The van der Waals surface area contributed by atoms with E-state index in [-0.39, 0.29) is 11.9 Å². The number of carbonyl (C=O) groups excluding carboxylic acids is 1. The van der Waals surface area contributed by atoms with E-state index in [0.717, 1.165) is 44.6 Å². The van der Waals surface area contributed by atoms with Gasteiger partial charge in [0, 0.05) is 31.9 Å². The Labute approximate surface area is 154 Å². The number of hydrogen-bond donors (Lipinski definition) is 0. The van der Waals surface area contributed by atoms with E-state index in [9.17, 15) is 4.79 Å². The predicted octanol–water partition coefficient (Wildman–Crippen LogP) is 2.73. The Hall–Kier alpha value is -2.40. The Morgan fingerprint density at radius 2 is 2.00 bits per heavy atom. The largest absolute Gasteiger partial charge is 0.492 e. The quantitative estimate of drug-likeness (QED) is 0.720. The van der Waals surface area contributed by atoms with Gasteiger partial charge in [-0.3, -0.25) is 14.7 Å². The Kier molecular flexibility index (Phi) is 5.16. The van der Waals surface area contributed by atoms with Crippen molar-refractivity contribution in [3.63, 3.8) is 0 Å². The van der Waals surface area contributed by atoms with Gasteiger partial charge >= 0.3 is 0 Å². The molecule has 2 fully saturated rings. The van der Waals surface area contributed by atoms with E-state index in [1.54, 1.807) is 12.4 Å². The molecule has 26 heavy (non-hydrogen) atoms. The first-order valence-electron chi connectivity index (χ1n) is 9.42. The summed E-state index contributed by atoms with van der Waals surface area (Å²) in [7, 11) is 0. The minimum absolute atomic E-state index is 0.0493. The van der Waals surface area contributed by atoms with Crippen molar-refractivity contribution in [2.24, 2.45) is 0 Å². The summed E-state index contributed by atoms with van der Waals surface area (Å²) in [6.07, 6.45) is 6.40. The molecule has 0 saturated carbocycles. The fourth-order valence-corrected chi connectivity index (χ4v) is 4.07. The molecule has 5 heteroatoms. The van der Waals surface area contributed by atoms with Crippen molar-refractivity contribution in [3.05, 3.63) is 60.4 Å². The molecule has 2 aliphatic heterocycles. The number of hydrogen-bond acceptors (Lipinski definition) is 4. The van der Waals surface area contributed by atoms with Crippen molar-refractivity contribution in [1.29, 1.82) is 0 Å². The van der Waals surface area contributed by atoms with Crippen molar-refractivity contribution in [2.75, 3.05) is 19.7 Å². The molecule has 3 heterocycles. The van der Waals surface area contributed by atoms with Crippen LogP contribution in [0.15, 0.2) is 54.9 Å². The maximum atomic E-state index is 12.9. The number of amides is 1. The lowest BCUT2D eigenvalue weighted by molar-refractivity contribution is -0.142. The first kappa shape index (κ1) is 17.0. The molecule has 2 unspecified atom stereocenters. The molecule has 0 N–H and O–H groups in total. The van der Waals surface area contributed by atoms with E-state index in [1.165, 1.54) is 5.56 Å². The van der Waals surface area contributed by atoms with Gasteiger partial charge in [-0.2, -0.15) is 0 Å². The number of fused-ring (bicyclic) bond motifs is 2. The van der Waals surface area contributed by atoms with Gasteiger partial charge in [-0.25, -0.2) is 0 Å². The monoisotopic (exact) mass is 351 g/mol. The van der Waals surface area contributed by atoms with Crippen molar-refractivity contribution < 1.29 is 9.53 Å². The molecule has 0 radical (unpaired) electrons. The summed E-state index contributed by atoms with van der Waals surface area (Å²) >= 11 is 0. The highest BCUT2D eigenvalue weighted by atomic mass is 16.5. The van der Waals surface area contributed by atoms with Crippen molar-refractivity contribution in [3.8, 4) is 5.75 Å². The van der Waals surface area contributed by atoms with Gasteiger partial charge in [0.2, 0.25) is 5.91 Å². The number of nitrogens with zero attached hydrogens (tertiary/aromatic N) is 3. The molecular weight excluding hydrogens is 326 g/mol. The second-order valence-electron chi connectivity index (χ2n) is 7.08. The highest BCUT2D eigenvalue weighted by molar-refractivity contribution is 5.83. The molecular formula is C21H25N3O2. The Morgan fingerprint density at radius 3 is 2.81 bits per heavy atom. The van der Waals surface area contributed by atoms with Gasteiger partial charge in [0.1, 0.15) is 5.75 Å². The maximum Gasteiger partial charge on any atom is 0.240 e. The zero-order valence-electron chi connectivity index (χ0n) is 15.0. The predicted molar refractivity (Wildman–Crippen MR) is 99.7 cm³/mol. The fourth-order valence-electron chi connectivity index (χ4n) is 4.07. The van der Waals surface area contributed by atoms with Crippen LogP contribution in [0.25, 0.3) is 0 Å². The third kappa shape index (κ3) is 3.73. The second kappa shape index (κ2) is 7.87. The molecule has 4 rings (SSSR count). The number of benzene rings is 1. The highest BCUT2D eigenvalue weighted by Crippen LogP contribution is 2.32. The van der Waals surface area contributed by atoms with Crippen molar-refractivity contribution in [2.45, 2.75) is 37.9 Å². The number of likely N-dealkylation sites (tertiary alicyclic amines) is 1. The normalized spacial score (nSPS) is 22.6. The number of rotatable bonds is 7. The minimum Gasteiger partial charge on any atom is -0.492 e. The van der Waals surface area contributed by atoms with E-state index < -0.39 is 0 Å². The molecule has 0 aliphatic carbocycles. The van der Waals surface area contributed by atoms with Crippen LogP contribution < -0.4 is 4.74 Å². The van der Waals surface area contributed by atoms with E-state index in [0.29, 0.717) is 12.6 Å². The molecule has 1 aromatic heterocycles. The molecule has 2 aliphatic rings. The molecule has 5 nitrogen and oxygen atoms in total. The molecule has 2 atom stereocenters. The maximum absolute atomic E-state index is 12.9. The number of carbonyl (C=O) groups is 1. The summed E-state index contributed by atoms with van der Waals surface area (Å²) in [6, 6.07) is 14.8. The van der Waals surface area contributed by atoms with Crippen LogP contribution in [-0.4, -0.2) is 52.5 Å². The van der Waals surface area contributed by atoms with Crippen LogP contribution in [0.5, 0.6) is 5.75 Å². The number of piperazine rings is 1. The summed E-state index contributed by atoms with van der Waals surface area (Å²) < 4.78 is 5.69. The summed E-state index contributed by atoms with van der Waals surface area (Å²) in [5, 5.41) is 0. The van der Waals surface area contributed by atoms with E-state index in [4.69, 9.17) is 4.74 Å². The van der Waals surface area contributed by atoms with Crippen molar-refractivity contribution >= 4 is 5.91 Å². The van der Waals surface area contributed by atoms with Gasteiger partial charge in [0.05, 0.1) is 18.8 Å². The van der Waals surface area contributed by atoms with Crippen LogP contribution in [0, 0.1) is 0 Å². The Morgan fingerprint density at radius 1 is 1.12 bits per heavy atom. The highest BCUT2D eigenvalue weighted by Gasteiger charge is 2.44. The lowest BCUT2D eigenvalue weighted by Crippen LogP contribution is -2.56. The number of aromatic nitrogens is 1. The summed E-state index contributed by atoms with van der Waals surface area (Å²) in [5.41, 5.74) is 1.29. The van der Waals surface area contributed by atoms with Gasteiger partial charge < -0.3 is 9.64 Å². The zero-order chi connectivity index (χ0) is 17.8. The van der Waals surface area contributed by atoms with Gasteiger partial charge in [0.25, 0.3) is 0 Å². The average Bonchev–Trinajstić information content (AvgIpc) is 2.99. The van der Waals surface area contributed by atoms with Crippen LogP contribution >= 0.6 is 0 Å². The van der Waals surface area contributed by atoms with E-state index in [1.807, 2.05) is 23.1 Å². The first-order valence-corrected chi connectivity index (χ1v) is 9.42. The van der Waals surface area contributed by atoms with Crippen LogP contribution in [0.3, 0.4) is 0 Å². The number of pyridine rings is 1. The molecule has 1 aromatic carbocycles. The molecule has 2 aromatic rings. The molecule has 1 amide bonds. The van der Waals surface area contributed by atoms with Gasteiger partial charge in [0.15, 0.2) is 0 Å². The average molecular weight is 351 g/mol. The third-order valence-electron chi connectivity index (χ3n) is 5.35. The standard InChI is InChI=1S/C21H25N3O2/c25-21-20-10-9-18(24(20)15-17-6-2-1-3-7-17)16-23(21)12-5-13-26-19-8-4-11-22-14-19/h1-4,6-8,11,14,18,20H,5,9-10,12-13,15-16H2. The third-order valence-corrected chi connectivity index (χ3v) is 5.35. The van der Waals surface area contributed by atoms with E-state index in [2.05, 4.69) is 34.1 Å². The Bertz CT molecular complexity index is 723.